The maximum atomic E-state index is 13.1. The zero-order valence-electron chi connectivity index (χ0n) is 16.7. The Balaban J connectivity index is 1.08. The molecular weight excluding hydrogens is 355 g/mol. The quantitative estimate of drug-likeness (QED) is 0.811. The van der Waals surface area contributed by atoms with Crippen molar-refractivity contribution in [2.45, 2.75) is 50.2 Å². The van der Waals surface area contributed by atoms with Crippen LogP contribution in [0.15, 0.2) is 24.3 Å². The van der Waals surface area contributed by atoms with Gasteiger partial charge in [-0.1, -0.05) is 0 Å². The van der Waals surface area contributed by atoms with Crippen LogP contribution in [0.25, 0.3) is 0 Å². The van der Waals surface area contributed by atoms with Gasteiger partial charge in [0.15, 0.2) is 0 Å². The molecule has 4 saturated carbocycles. The Hall–Kier alpha value is -1.17. The highest BCUT2D eigenvalue weighted by Gasteiger charge is 2.51. The molecule has 28 heavy (non-hydrogen) atoms. The molecule has 1 aliphatic heterocycles. The van der Waals surface area contributed by atoms with Crippen molar-refractivity contribution in [2.75, 3.05) is 44.2 Å². The van der Waals surface area contributed by atoms with Crippen LogP contribution in [0.2, 0.25) is 0 Å². The summed E-state index contributed by atoms with van der Waals surface area (Å²) in [5.41, 5.74) is 1.16. The van der Waals surface area contributed by atoms with Gasteiger partial charge in [-0.3, -0.25) is 4.90 Å². The molecule has 5 heteroatoms. The largest absolute Gasteiger partial charge is 0.389 e. The van der Waals surface area contributed by atoms with Gasteiger partial charge >= 0.3 is 0 Å². The molecular formula is C23H33FN2O2. The molecule has 0 aromatic heterocycles. The van der Waals surface area contributed by atoms with Gasteiger partial charge in [0.1, 0.15) is 5.82 Å². The molecule has 6 rings (SSSR count). The van der Waals surface area contributed by atoms with E-state index in [4.69, 9.17) is 4.74 Å². The normalized spacial score (nSPS) is 36.1. The molecule has 4 bridgehead atoms. The van der Waals surface area contributed by atoms with Gasteiger partial charge in [-0.25, -0.2) is 4.39 Å². The Kier molecular flexibility index (Phi) is 5.10. The van der Waals surface area contributed by atoms with Crippen LogP contribution in [-0.4, -0.2) is 61.0 Å². The van der Waals surface area contributed by atoms with Crippen molar-refractivity contribution in [1.29, 1.82) is 0 Å². The molecule has 0 unspecified atom stereocenters. The summed E-state index contributed by atoms with van der Waals surface area (Å²) in [6.45, 7) is 4.83. The number of hydrogen-bond acceptors (Lipinski definition) is 4. The number of benzene rings is 1. The lowest BCUT2D eigenvalue weighted by Crippen LogP contribution is -2.53. The summed E-state index contributed by atoms with van der Waals surface area (Å²) >= 11 is 0. The first-order chi connectivity index (χ1) is 13.6. The van der Waals surface area contributed by atoms with Gasteiger partial charge in [-0.2, -0.15) is 0 Å². The number of aliphatic hydroxyl groups is 1. The van der Waals surface area contributed by atoms with Crippen LogP contribution >= 0.6 is 0 Å². The summed E-state index contributed by atoms with van der Waals surface area (Å²) in [6, 6.07) is 6.73. The van der Waals surface area contributed by atoms with Gasteiger partial charge in [-0.15, -0.1) is 0 Å². The average molecular weight is 389 g/mol. The van der Waals surface area contributed by atoms with E-state index >= 15 is 0 Å². The van der Waals surface area contributed by atoms with E-state index in [0.29, 0.717) is 13.2 Å². The number of halogens is 1. The van der Waals surface area contributed by atoms with Crippen molar-refractivity contribution in [3.05, 3.63) is 30.1 Å². The zero-order valence-corrected chi connectivity index (χ0v) is 16.7. The highest BCUT2D eigenvalue weighted by molar-refractivity contribution is 5.46. The van der Waals surface area contributed by atoms with Crippen LogP contribution in [0.3, 0.4) is 0 Å². The summed E-state index contributed by atoms with van der Waals surface area (Å²) in [5.74, 6) is 2.44. The van der Waals surface area contributed by atoms with Crippen molar-refractivity contribution in [2.24, 2.45) is 17.8 Å². The Morgan fingerprint density at radius 3 is 2.11 bits per heavy atom. The Morgan fingerprint density at radius 2 is 1.54 bits per heavy atom. The summed E-state index contributed by atoms with van der Waals surface area (Å²) in [5, 5.41) is 10.6. The molecule has 0 radical (unpaired) electrons. The minimum atomic E-state index is -0.412. The first-order valence-corrected chi connectivity index (χ1v) is 11.1. The van der Waals surface area contributed by atoms with Crippen LogP contribution in [0.5, 0.6) is 0 Å². The topological polar surface area (TPSA) is 35.9 Å². The molecule has 4 aliphatic carbocycles. The maximum absolute atomic E-state index is 13.1. The van der Waals surface area contributed by atoms with E-state index in [1.165, 1.54) is 50.7 Å². The Morgan fingerprint density at radius 1 is 0.964 bits per heavy atom. The number of anilines is 1. The van der Waals surface area contributed by atoms with Crippen molar-refractivity contribution in [3.8, 4) is 0 Å². The van der Waals surface area contributed by atoms with Crippen molar-refractivity contribution in [1.82, 2.24) is 4.90 Å². The number of aliphatic hydroxyl groups excluding tert-OH is 1. The van der Waals surface area contributed by atoms with Crippen LogP contribution in [-0.2, 0) is 4.74 Å². The van der Waals surface area contributed by atoms with Crippen molar-refractivity contribution in [3.63, 3.8) is 0 Å². The van der Waals surface area contributed by atoms with Crippen LogP contribution in [0, 0.1) is 23.6 Å². The van der Waals surface area contributed by atoms with Crippen molar-refractivity contribution < 1.29 is 14.2 Å². The van der Waals surface area contributed by atoms with E-state index in [0.717, 1.165) is 49.6 Å². The summed E-state index contributed by atoms with van der Waals surface area (Å²) in [6.07, 6.45) is 7.52. The summed E-state index contributed by atoms with van der Waals surface area (Å²) < 4.78 is 19.5. The minimum Gasteiger partial charge on any atom is -0.389 e. The second-order valence-electron chi connectivity index (χ2n) is 9.83. The number of ether oxygens (including phenoxy) is 1. The predicted octanol–water partition coefficient (Wildman–Crippen LogP) is 3.29. The minimum absolute atomic E-state index is 0.0804. The van der Waals surface area contributed by atoms with Gasteiger partial charge < -0.3 is 14.7 Å². The number of piperazine rings is 1. The van der Waals surface area contributed by atoms with Crippen LogP contribution < -0.4 is 4.90 Å². The van der Waals surface area contributed by atoms with Crippen LogP contribution in [0.1, 0.15) is 38.5 Å². The summed E-state index contributed by atoms with van der Waals surface area (Å²) in [7, 11) is 0. The highest BCUT2D eigenvalue weighted by atomic mass is 19.1. The first-order valence-electron chi connectivity index (χ1n) is 11.1. The average Bonchev–Trinajstić information content (AvgIpc) is 2.67. The molecule has 154 valence electrons. The van der Waals surface area contributed by atoms with E-state index in [-0.39, 0.29) is 11.4 Å². The fraction of sp³-hybridized carbons (Fsp3) is 0.739. The second-order valence-corrected chi connectivity index (χ2v) is 9.83. The van der Waals surface area contributed by atoms with E-state index in [9.17, 15) is 9.50 Å². The van der Waals surface area contributed by atoms with Crippen LogP contribution in [0.4, 0.5) is 10.1 Å². The molecule has 1 aromatic carbocycles. The monoisotopic (exact) mass is 388 g/mol. The van der Waals surface area contributed by atoms with E-state index in [2.05, 4.69) is 9.80 Å². The van der Waals surface area contributed by atoms with Gasteiger partial charge in [0.05, 0.1) is 18.3 Å². The fourth-order valence-corrected chi connectivity index (χ4v) is 6.67. The molecule has 1 N–H and O–H groups in total. The highest BCUT2D eigenvalue weighted by Crippen LogP contribution is 2.57. The van der Waals surface area contributed by atoms with Gasteiger partial charge in [0.25, 0.3) is 0 Å². The third kappa shape index (κ3) is 3.94. The number of β-amino-alcohol motifs (C(OH)–C–C–N with tert-alkyl or cyclic N) is 1. The van der Waals surface area contributed by atoms with E-state index in [1.807, 2.05) is 12.1 Å². The predicted molar refractivity (Wildman–Crippen MR) is 108 cm³/mol. The Bertz CT molecular complexity index is 636. The zero-order chi connectivity index (χ0) is 19.1. The molecule has 1 saturated heterocycles. The molecule has 0 amide bonds. The number of nitrogens with zero attached hydrogens (tertiary/aromatic N) is 2. The van der Waals surface area contributed by atoms with Gasteiger partial charge in [0.2, 0.25) is 0 Å². The molecule has 5 aliphatic rings. The number of rotatable bonds is 6. The maximum Gasteiger partial charge on any atom is 0.123 e. The van der Waals surface area contributed by atoms with Gasteiger partial charge in [-0.05, 0) is 80.5 Å². The number of hydrogen-bond donors (Lipinski definition) is 1. The van der Waals surface area contributed by atoms with E-state index < -0.39 is 6.10 Å². The smallest absolute Gasteiger partial charge is 0.123 e. The lowest BCUT2D eigenvalue weighted by molar-refractivity contribution is -0.176. The van der Waals surface area contributed by atoms with E-state index in [1.54, 1.807) is 0 Å². The molecule has 5 fully saturated rings. The standard InChI is InChI=1S/C23H33FN2O2/c24-20-1-3-21(4-2-20)26-7-5-25(6-8-26)15-22(27)16-28-23-12-17-9-18(13-23)11-19(10-17)14-23/h1-4,17-19,22,27H,5-16H2/t17?,18?,19?,22-,23?/m1/s1. The first kappa shape index (κ1) is 18.8. The van der Waals surface area contributed by atoms with Crippen molar-refractivity contribution >= 4 is 5.69 Å². The summed E-state index contributed by atoms with van der Waals surface area (Å²) in [4.78, 5) is 4.61. The third-order valence-corrected chi connectivity index (χ3v) is 7.60. The lowest BCUT2D eigenvalue weighted by atomic mass is 9.54. The molecule has 1 atom stereocenters. The molecule has 0 spiro atoms. The van der Waals surface area contributed by atoms with Gasteiger partial charge in [0, 0.05) is 38.4 Å². The Labute approximate surface area is 167 Å². The molecule has 1 aromatic rings. The SMILES string of the molecule is O[C@@H](COC12CC3CC(CC(C3)C1)C2)CN1CCN(c2ccc(F)cc2)CC1. The fourth-order valence-electron chi connectivity index (χ4n) is 6.67. The second kappa shape index (κ2) is 7.58. The molecule has 4 nitrogen and oxygen atoms in total. The molecule has 1 heterocycles. The third-order valence-electron chi connectivity index (χ3n) is 7.60. The lowest BCUT2D eigenvalue weighted by Gasteiger charge is -2.56.